The van der Waals surface area contributed by atoms with Crippen molar-refractivity contribution in [2.24, 2.45) is 5.73 Å². The molecule has 18 heavy (non-hydrogen) atoms. The number of hydrogen-bond acceptors (Lipinski definition) is 5. The molecule has 1 saturated heterocycles. The van der Waals surface area contributed by atoms with Gasteiger partial charge in [-0.1, -0.05) is 0 Å². The van der Waals surface area contributed by atoms with Crippen LogP contribution in [0.1, 0.15) is 48.2 Å². The summed E-state index contributed by atoms with van der Waals surface area (Å²) in [5.41, 5.74) is 6.01. The van der Waals surface area contributed by atoms with Gasteiger partial charge >= 0.3 is 0 Å². The first-order valence-electron chi connectivity index (χ1n) is 6.11. The molecule has 1 fully saturated rings. The molecule has 0 bridgehead atoms. The molecule has 1 aliphatic rings. The van der Waals surface area contributed by atoms with Crippen LogP contribution in [-0.4, -0.2) is 29.6 Å². The predicted octanol–water partition coefficient (Wildman–Crippen LogP) is 1.46. The van der Waals surface area contributed by atoms with Crippen molar-refractivity contribution in [1.82, 2.24) is 10.3 Å². The summed E-state index contributed by atoms with van der Waals surface area (Å²) in [4.78, 5) is 16.4. The summed E-state index contributed by atoms with van der Waals surface area (Å²) in [6.07, 6.45) is 1.67. The second-order valence-electron chi connectivity index (χ2n) is 4.99. The second kappa shape index (κ2) is 5.34. The van der Waals surface area contributed by atoms with Crippen molar-refractivity contribution < 1.29 is 9.53 Å². The van der Waals surface area contributed by atoms with E-state index in [4.69, 9.17) is 10.5 Å². The van der Waals surface area contributed by atoms with Gasteiger partial charge < -0.3 is 15.8 Å². The van der Waals surface area contributed by atoms with Crippen molar-refractivity contribution in [1.29, 1.82) is 0 Å². The number of ether oxygens (including phenoxy) is 1. The molecule has 100 valence electrons. The first-order valence-corrected chi connectivity index (χ1v) is 6.99. The average Bonchev–Trinajstić information content (AvgIpc) is 2.78. The van der Waals surface area contributed by atoms with Gasteiger partial charge in [0, 0.05) is 24.1 Å². The van der Waals surface area contributed by atoms with E-state index < -0.39 is 0 Å². The highest BCUT2D eigenvalue weighted by molar-refractivity contribution is 7.09. The molecule has 0 radical (unpaired) electrons. The van der Waals surface area contributed by atoms with Crippen LogP contribution in [0.25, 0.3) is 0 Å². The first-order chi connectivity index (χ1) is 8.50. The average molecular weight is 269 g/mol. The molecule has 6 heteroatoms. The van der Waals surface area contributed by atoms with E-state index in [1.807, 2.05) is 13.8 Å². The molecule has 0 saturated carbocycles. The highest BCUT2D eigenvalue weighted by Gasteiger charge is 2.30. The van der Waals surface area contributed by atoms with Crippen molar-refractivity contribution >= 4 is 17.2 Å². The van der Waals surface area contributed by atoms with Gasteiger partial charge in [-0.15, -0.1) is 11.3 Å². The normalized spacial score (nSPS) is 20.4. The smallest absolute Gasteiger partial charge is 0.271 e. The summed E-state index contributed by atoms with van der Waals surface area (Å²) in [5.74, 6) is -0.123. The fraction of sp³-hybridized carbons (Fsp3) is 0.667. The van der Waals surface area contributed by atoms with E-state index in [0.717, 1.165) is 17.8 Å². The molecule has 1 unspecified atom stereocenters. The largest absolute Gasteiger partial charge is 0.381 e. The molecule has 1 atom stereocenters. The molecule has 1 amide bonds. The molecule has 1 aromatic rings. The number of aromatic nitrogens is 1. The maximum atomic E-state index is 12.1. The zero-order chi connectivity index (χ0) is 13.2. The molecule has 5 nitrogen and oxygen atoms in total. The molecule has 2 heterocycles. The topological polar surface area (TPSA) is 77.2 Å². The van der Waals surface area contributed by atoms with Crippen LogP contribution in [0, 0.1) is 0 Å². The second-order valence-corrected chi connectivity index (χ2v) is 5.88. The Morgan fingerprint density at radius 3 is 2.83 bits per heavy atom. The third kappa shape index (κ3) is 3.07. The Bertz CT molecular complexity index is 425. The van der Waals surface area contributed by atoms with Gasteiger partial charge in [-0.05, 0) is 26.7 Å². The lowest BCUT2D eigenvalue weighted by atomic mass is 9.92. The van der Waals surface area contributed by atoms with Crippen LogP contribution in [0.4, 0.5) is 0 Å². The molecule has 0 spiro atoms. The molecule has 1 aliphatic heterocycles. The number of rotatable bonds is 3. The minimum atomic E-state index is -0.187. The monoisotopic (exact) mass is 269 g/mol. The highest BCUT2D eigenvalue weighted by atomic mass is 32.1. The van der Waals surface area contributed by atoms with Crippen LogP contribution in [0.3, 0.4) is 0 Å². The van der Waals surface area contributed by atoms with Crippen LogP contribution >= 0.6 is 11.3 Å². The third-order valence-corrected chi connectivity index (χ3v) is 4.20. The van der Waals surface area contributed by atoms with Gasteiger partial charge in [0.1, 0.15) is 10.7 Å². The maximum absolute atomic E-state index is 12.1. The molecule has 3 N–H and O–H groups in total. The number of amides is 1. The lowest BCUT2D eigenvalue weighted by molar-refractivity contribution is 0.0421. The van der Waals surface area contributed by atoms with E-state index >= 15 is 0 Å². The maximum Gasteiger partial charge on any atom is 0.271 e. The third-order valence-electron chi connectivity index (χ3n) is 3.16. The minimum Gasteiger partial charge on any atom is -0.381 e. The lowest BCUT2D eigenvalue weighted by Crippen LogP contribution is -2.49. The van der Waals surface area contributed by atoms with Crippen molar-refractivity contribution in [3.8, 4) is 0 Å². The number of nitrogens with one attached hydrogen (secondary N) is 1. The Labute approximate surface area is 111 Å². The van der Waals surface area contributed by atoms with Crippen LogP contribution in [-0.2, 0) is 4.74 Å². The zero-order valence-corrected chi connectivity index (χ0v) is 11.5. The van der Waals surface area contributed by atoms with Gasteiger partial charge in [-0.2, -0.15) is 0 Å². The fourth-order valence-corrected chi connectivity index (χ4v) is 2.64. The molecular weight excluding hydrogens is 250 g/mol. The van der Waals surface area contributed by atoms with Crippen LogP contribution < -0.4 is 11.1 Å². The number of carbonyl (C=O) groups excluding carboxylic acids is 1. The Morgan fingerprint density at radius 2 is 2.28 bits per heavy atom. The van der Waals surface area contributed by atoms with Gasteiger partial charge in [0.15, 0.2) is 0 Å². The Hall–Kier alpha value is -0.980. The van der Waals surface area contributed by atoms with E-state index in [-0.39, 0.29) is 17.5 Å². The molecule has 0 aromatic carbocycles. The fourth-order valence-electron chi connectivity index (χ4n) is 1.89. The molecular formula is C12H19N3O2S. The van der Waals surface area contributed by atoms with Gasteiger partial charge in [0.25, 0.3) is 5.91 Å². The zero-order valence-electron chi connectivity index (χ0n) is 10.7. The Balaban J connectivity index is 2.02. The molecule has 0 aliphatic carbocycles. The SMILES string of the molecule is CC(N)c1nc(C(=O)NC2(C)CCOCC2)cs1. The first kappa shape index (κ1) is 13.5. The van der Waals surface area contributed by atoms with Crippen LogP contribution in [0.2, 0.25) is 0 Å². The quantitative estimate of drug-likeness (QED) is 0.871. The minimum absolute atomic E-state index is 0.123. The highest BCUT2D eigenvalue weighted by Crippen LogP contribution is 2.21. The van der Waals surface area contributed by atoms with Gasteiger partial charge in [-0.25, -0.2) is 4.98 Å². The van der Waals surface area contributed by atoms with Crippen molar-refractivity contribution in [3.05, 3.63) is 16.1 Å². The molecule has 2 rings (SSSR count). The lowest BCUT2D eigenvalue weighted by Gasteiger charge is -2.34. The van der Waals surface area contributed by atoms with E-state index in [1.54, 1.807) is 5.38 Å². The van der Waals surface area contributed by atoms with E-state index in [1.165, 1.54) is 11.3 Å². The molecule has 1 aromatic heterocycles. The van der Waals surface area contributed by atoms with E-state index in [0.29, 0.717) is 18.9 Å². The van der Waals surface area contributed by atoms with Gasteiger partial charge in [-0.3, -0.25) is 4.79 Å². The predicted molar refractivity (Wildman–Crippen MR) is 70.6 cm³/mol. The number of carbonyl (C=O) groups is 1. The Morgan fingerprint density at radius 1 is 1.61 bits per heavy atom. The number of nitrogens with zero attached hydrogens (tertiary/aromatic N) is 1. The van der Waals surface area contributed by atoms with E-state index in [9.17, 15) is 4.79 Å². The standard InChI is InChI=1S/C12H19N3O2S/c1-8(13)11-14-9(7-18-11)10(16)15-12(2)3-5-17-6-4-12/h7-8H,3-6,13H2,1-2H3,(H,15,16). The number of thiazole rings is 1. The summed E-state index contributed by atoms with van der Waals surface area (Å²) >= 11 is 1.43. The number of hydrogen-bond donors (Lipinski definition) is 2. The van der Waals surface area contributed by atoms with Gasteiger partial charge in [0.05, 0.1) is 6.04 Å². The van der Waals surface area contributed by atoms with Gasteiger partial charge in [0.2, 0.25) is 0 Å². The van der Waals surface area contributed by atoms with E-state index in [2.05, 4.69) is 10.3 Å². The summed E-state index contributed by atoms with van der Waals surface area (Å²) < 4.78 is 5.31. The number of nitrogens with two attached hydrogens (primary N) is 1. The van der Waals surface area contributed by atoms with Crippen molar-refractivity contribution in [3.63, 3.8) is 0 Å². The van der Waals surface area contributed by atoms with Crippen LogP contribution in [0.15, 0.2) is 5.38 Å². The summed E-state index contributed by atoms with van der Waals surface area (Å²) in [6.45, 7) is 5.30. The Kier molecular flexibility index (Phi) is 3.99. The summed E-state index contributed by atoms with van der Waals surface area (Å²) in [5, 5.41) is 5.60. The summed E-state index contributed by atoms with van der Waals surface area (Å²) in [7, 11) is 0. The van der Waals surface area contributed by atoms with Crippen molar-refractivity contribution in [2.45, 2.75) is 38.3 Å². The van der Waals surface area contributed by atoms with Crippen LogP contribution in [0.5, 0.6) is 0 Å². The summed E-state index contributed by atoms with van der Waals surface area (Å²) in [6, 6.07) is -0.129. The van der Waals surface area contributed by atoms with Crippen molar-refractivity contribution in [2.75, 3.05) is 13.2 Å².